The van der Waals surface area contributed by atoms with Crippen molar-refractivity contribution in [1.82, 2.24) is 14.6 Å². The van der Waals surface area contributed by atoms with E-state index in [1.807, 2.05) is 31.2 Å². The zero-order valence-electron chi connectivity index (χ0n) is 15.7. The molecule has 0 N–H and O–H groups in total. The van der Waals surface area contributed by atoms with Gasteiger partial charge in [-0.2, -0.15) is 18.3 Å². The fraction of sp³-hybridized carbons (Fsp3) is 0.190. The minimum Gasteiger partial charge on any atom is -0.463 e. The van der Waals surface area contributed by atoms with Crippen LogP contribution in [-0.4, -0.2) is 26.5 Å². The lowest BCUT2D eigenvalue weighted by Gasteiger charge is -2.21. The molecular weight excluding hydrogens is 397 g/mol. The van der Waals surface area contributed by atoms with Crippen molar-refractivity contribution in [2.45, 2.75) is 25.6 Å². The summed E-state index contributed by atoms with van der Waals surface area (Å²) < 4.78 is 46.9. The average Bonchev–Trinajstić information content (AvgIpc) is 3.43. The molecule has 1 atom stereocenters. The summed E-state index contributed by atoms with van der Waals surface area (Å²) in [4.78, 5) is 19.0. The predicted octanol–water partition coefficient (Wildman–Crippen LogP) is 4.60. The fourth-order valence-electron chi connectivity index (χ4n) is 3.83. The van der Waals surface area contributed by atoms with E-state index < -0.39 is 17.8 Å². The van der Waals surface area contributed by atoms with E-state index in [0.29, 0.717) is 10.9 Å². The third kappa shape index (κ3) is 2.85. The molecule has 9 heteroatoms. The summed E-state index contributed by atoms with van der Waals surface area (Å²) in [5.74, 6) is -0.273. The van der Waals surface area contributed by atoms with Gasteiger partial charge in [0, 0.05) is 17.8 Å². The summed E-state index contributed by atoms with van der Waals surface area (Å²) in [5.41, 5.74) is 0.544. The van der Waals surface area contributed by atoms with Gasteiger partial charge in [0.05, 0.1) is 6.26 Å². The van der Waals surface area contributed by atoms with Gasteiger partial charge >= 0.3 is 6.18 Å². The van der Waals surface area contributed by atoms with Crippen molar-refractivity contribution in [3.63, 3.8) is 0 Å². The number of rotatable bonds is 2. The molecule has 0 fully saturated rings. The van der Waals surface area contributed by atoms with E-state index >= 15 is 0 Å². The Morgan fingerprint density at radius 2 is 1.97 bits per heavy atom. The van der Waals surface area contributed by atoms with E-state index in [0.717, 1.165) is 17.3 Å². The second-order valence-corrected chi connectivity index (χ2v) is 7.16. The highest BCUT2D eigenvalue weighted by molar-refractivity contribution is 6.07. The van der Waals surface area contributed by atoms with Crippen LogP contribution in [0, 0.1) is 0 Å². The first-order chi connectivity index (χ1) is 14.3. The molecule has 1 aromatic carbocycles. The Kier molecular flexibility index (Phi) is 3.96. The number of anilines is 1. The van der Waals surface area contributed by atoms with Gasteiger partial charge in [-0.1, -0.05) is 18.2 Å². The number of hydrogen-bond acceptors (Lipinski definition) is 4. The van der Waals surface area contributed by atoms with E-state index in [1.165, 1.54) is 18.4 Å². The molecule has 0 radical (unpaired) electrons. The Bertz CT molecular complexity index is 1260. The minimum absolute atomic E-state index is 0.0126. The largest absolute Gasteiger partial charge is 0.463 e. The number of halogens is 3. The van der Waals surface area contributed by atoms with Gasteiger partial charge < -0.3 is 9.32 Å². The second kappa shape index (κ2) is 6.45. The molecule has 3 aromatic heterocycles. The Hall–Kier alpha value is -3.62. The van der Waals surface area contributed by atoms with Crippen LogP contribution >= 0.6 is 0 Å². The van der Waals surface area contributed by atoms with Gasteiger partial charge in [0.15, 0.2) is 22.8 Å². The van der Waals surface area contributed by atoms with Crippen molar-refractivity contribution in [2.75, 3.05) is 4.90 Å². The van der Waals surface area contributed by atoms with Crippen LogP contribution in [0.25, 0.3) is 17.1 Å². The van der Waals surface area contributed by atoms with Gasteiger partial charge in [0.25, 0.3) is 5.91 Å². The summed E-state index contributed by atoms with van der Waals surface area (Å²) in [6, 6.07) is 12.5. The van der Waals surface area contributed by atoms with Crippen LogP contribution in [0.1, 0.15) is 28.7 Å². The lowest BCUT2D eigenvalue weighted by Crippen LogP contribution is -2.36. The van der Waals surface area contributed by atoms with Crippen molar-refractivity contribution >= 4 is 17.2 Å². The summed E-state index contributed by atoms with van der Waals surface area (Å²) in [7, 11) is 0. The van der Waals surface area contributed by atoms with Crippen molar-refractivity contribution in [3.05, 3.63) is 71.7 Å². The van der Waals surface area contributed by atoms with Crippen molar-refractivity contribution in [2.24, 2.45) is 0 Å². The summed E-state index contributed by atoms with van der Waals surface area (Å²) in [6.45, 7) is 1.89. The van der Waals surface area contributed by atoms with Crippen molar-refractivity contribution in [1.29, 1.82) is 0 Å². The van der Waals surface area contributed by atoms with E-state index in [2.05, 4.69) is 10.1 Å². The number of carbonyl (C=O) groups excluding carboxylic acids is 1. The van der Waals surface area contributed by atoms with Gasteiger partial charge in [-0.25, -0.2) is 9.50 Å². The van der Waals surface area contributed by atoms with Crippen LogP contribution in [0.4, 0.5) is 18.9 Å². The molecule has 152 valence electrons. The quantitative estimate of drug-likeness (QED) is 0.483. The first kappa shape index (κ1) is 18.4. The molecule has 0 saturated carbocycles. The molecule has 6 nitrogen and oxygen atoms in total. The van der Waals surface area contributed by atoms with Crippen LogP contribution < -0.4 is 4.90 Å². The van der Waals surface area contributed by atoms with Crippen LogP contribution in [0.15, 0.2) is 59.2 Å². The zero-order valence-corrected chi connectivity index (χ0v) is 15.7. The Morgan fingerprint density at radius 3 is 2.70 bits per heavy atom. The summed E-state index contributed by atoms with van der Waals surface area (Å²) >= 11 is 0. The van der Waals surface area contributed by atoms with E-state index in [-0.39, 0.29) is 28.8 Å². The third-order valence-electron chi connectivity index (χ3n) is 5.14. The third-order valence-corrected chi connectivity index (χ3v) is 5.14. The first-order valence-electron chi connectivity index (χ1n) is 9.26. The molecule has 0 aliphatic carbocycles. The number of aromatic nitrogens is 3. The molecule has 0 saturated heterocycles. The van der Waals surface area contributed by atoms with Gasteiger partial charge in [0.1, 0.15) is 5.69 Å². The highest BCUT2D eigenvalue weighted by Crippen LogP contribution is 2.35. The van der Waals surface area contributed by atoms with Gasteiger partial charge in [-0.3, -0.25) is 4.79 Å². The zero-order chi connectivity index (χ0) is 21.0. The first-order valence-corrected chi connectivity index (χ1v) is 9.26. The maximum Gasteiger partial charge on any atom is 0.433 e. The Balaban J connectivity index is 1.64. The smallest absolute Gasteiger partial charge is 0.433 e. The SMILES string of the molecule is C[C@@H]1Cc2ccccc2N1C(=O)c1cc2nc(-c3ccco3)cc(C(F)(F)F)n2n1. The molecule has 1 aliphatic rings. The maximum absolute atomic E-state index is 13.7. The normalized spacial score (nSPS) is 16.3. The number of carbonyl (C=O) groups is 1. The van der Waals surface area contributed by atoms with E-state index in [9.17, 15) is 18.0 Å². The molecule has 5 rings (SSSR count). The second-order valence-electron chi connectivity index (χ2n) is 7.16. The van der Waals surface area contributed by atoms with E-state index in [1.54, 1.807) is 11.0 Å². The molecule has 30 heavy (non-hydrogen) atoms. The molecular formula is C21H15F3N4O2. The minimum atomic E-state index is -4.69. The molecule has 4 heterocycles. The summed E-state index contributed by atoms with van der Waals surface area (Å²) in [6.07, 6.45) is -2.67. The van der Waals surface area contributed by atoms with Crippen LogP contribution in [0.5, 0.6) is 0 Å². The number of fused-ring (bicyclic) bond motifs is 2. The molecule has 0 bridgehead atoms. The number of para-hydroxylation sites is 1. The standard InChI is InChI=1S/C21H15F3N4O2/c1-12-9-13-5-2-3-6-16(13)27(12)20(29)15-11-19-25-14(17-7-4-8-30-17)10-18(21(22,23)24)28(19)26-15/h2-8,10-12H,9H2,1H3/t12-/m1/s1. The molecule has 1 aliphatic heterocycles. The molecule has 4 aromatic rings. The lowest BCUT2D eigenvalue weighted by atomic mass is 10.1. The monoisotopic (exact) mass is 412 g/mol. The maximum atomic E-state index is 13.7. The number of hydrogen-bond donors (Lipinski definition) is 0. The van der Waals surface area contributed by atoms with E-state index in [4.69, 9.17) is 4.42 Å². The van der Waals surface area contributed by atoms with Gasteiger partial charge in [0.2, 0.25) is 0 Å². The topological polar surface area (TPSA) is 63.6 Å². The Labute approximate surface area is 168 Å². The number of furan rings is 1. The van der Waals surface area contributed by atoms with Crippen LogP contribution in [-0.2, 0) is 12.6 Å². The number of benzene rings is 1. The van der Waals surface area contributed by atoms with Crippen LogP contribution in [0.2, 0.25) is 0 Å². The predicted molar refractivity (Wildman–Crippen MR) is 102 cm³/mol. The van der Waals surface area contributed by atoms with Crippen LogP contribution in [0.3, 0.4) is 0 Å². The average molecular weight is 412 g/mol. The van der Waals surface area contributed by atoms with Gasteiger partial charge in [-0.05, 0) is 43.2 Å². The fourth-order valence-corrected chi connectivity index (χ4v) is 3.83. The highest BCUT2D eigenvalue weighted by Gasteiger charge is 2.37. The van der Waals surface area contributed by atoms with Crippen molar-refractivity contribution in [3.8, 4) is 11.5 Å². The highest BCUT2D eigenvalue weighted by atomic mass is 19.4. The molecule has 0 spiro atoms. The van der Waals surface area contributed by atoms with Gasteiger partial charge in [-0.15, -0.1) is 0 Å². The number of nitrogens with zero attached hydrogens (tertiary/aromatic N) is 4. The lowest BCUT2D eigenvalue weighted by molar-refractivity contribution is -0.142. The summed E-state index contributed by atoms with van der Waals surface area (Å²) in [5, 5.41) is 3.97. The number of amides is 1. The van der Waals surface area contributed by atoms with Crippen molar-refractivity contribution < 1.29 is 22.4 Å². The molecule has 1 amide bonds. The number of alkyl halides is 3. The Morgan fingerprint density at radius 1 is 1.17 bits per heavy atom. The molecule has 0 unspecified atom stereocenters.